The van der Waals surface area contributed by atoms with Gasteiger partial charge in [-0.05, 0) is 32.1 Å². The molecule has 558 valence electrons. The fraction of sp³-hybridized carbons (Fsp3) is 0.952. The Kier molecular flexibility index (Phi) is 69.9. The molecule has 1 saturated heterocycles. The van der Waals surface area contributed by atoms with Crippen LogP contribution in [0, 0.1) is 0 Å². The Bertz CT molecular complexity index is 1560. The van der Waals surface area contributed by atoms with Crippen LogP contribution in [0.4, 0.5) is 0 Å². The number of hydrogen-bond donors (Lipinski definition) is 6. The largest absolute Gasteiger partial charge is 0.466 e. The molecule has 7 atom stereocenters. The summed E-state index contributed by atoms with van der Waals surface area (Å²) in [5, 5.41) is 54.4. The van der Waals surface area contributed by atoms with E-state index >= 15 is 0 Å². The average Bonchev–Trinajstić information content (AvgIpc) is 0.852. The lowest BCUT2D eigenvalue weighted by molar-refractivity contribution is -0.302. The number of hydrogen-bond acceptors (Lipinski definition) is 10. The van der Waals surface area contributed by atoms with Gasteiger partial charge in [-0.3, -0.25) is 9.59 Å². The molecule has 94 heavy (non-hydrogen) atoms. The van der Waals surface area contributed by atoms with Crippen molar-refractivity contribution >= 4 is 11.9 Å². The standard InChI is InChI=1S/C83H161NO10/c1-3-5-7-9-11-13-15-16-17-18-38-42-45-48-51-55-59-63-67-71-79(88)92-72-68-64-60-56-52-49-46-43-40-37-35-33-31-29-27-25-23-21-19-20-22-24-26-28-30-32-34-36-39-41-44-47-50-54-58-62-66-70-78(87)84-75(74-93-83-82(91)81(90)80(89)77(73-85)94-83)76(86)69-65-61-57-53-14-12-10-8-6-4-2/h65,69,75-77,80-83,85-86,89-91H,3-64,66-68,70-74H2,1-2H3,(H,84,87)/b69-65+. The number of allylic oxidation sites excluding steroid dienone is 1. The Morgan fingerprint density at radius 3 is 0.989 bits per heavy atom. The summed E-state index contributed by atoms with van der Waals surface area (Å²) in [5.74, 6) is -0.151. The molecule has 0 aromatic carbocycles. The molecule has 1 aliphatic heterocycles. The normalized spacial score (nSPS) is 17.4. The number of amides is 1. The van der Waals surface area contributed by atoms with E-state index in [1.54, 1.807) is 6.08 Å². The van der Waals surface area contributed by atoms with Crippen LogP contribution in [0.3, 0.4) is 0 Å². The molecule has 11 nitrogen and oxygen atoms in total. The molecule has 0 aromatic rings. The van der Waals surface area contributed by atoms with Crippen molar-refractivity contribution < 1.29 is 49.3 Å². The Morgan fingerprint density at radius 1 is 0.383 bits per heavy atom. The third-order valence-electron chi connectivity index (χ3n) is 20.4. The molecule has 11 heteroatoms. The lowest BCUT2D eigenvalue weighted by Gasteiger charge is -2.40. The first kappa shape index (κ1) is 90.4. The maximum atomic E-state index is 13.1. The minimum absolute atomic E-state index is 0.0233. The number of aliphatic hydroxyl groups excluding tert-OH is 5. The first-order valence-electron chi connectivity index (χ1n) is 42.0. The van der Waals surface area contributed by atoms with E-state index in [0.29, 0.717) is 19.4 Å². The predicted molar refractivity (Wildman–Crippen MR) is 398 cm³/mol. The molecule has 7 unspecified atom stereocenters. The van der Waals surface area contributed by atoms with Gasteiger partial charge in [-0.1, -0.05) is 411 Å². The number of esters is 1. The number of unbranched alkanes of at least 4 members (excludes halogenated alkanes) is 62. The smallest absolute Gasteiger partial charge is 0.305 e. The first-order valence-corrected chi connectivity index (χ1v) is 42.0. The van der Waals surface area contributed by atoms with Crippen LogP contribution in [-0.2, 0) is 23.8 Å². The zero-order valence-electron chi connectivity index (χ0n) is 62.5. The zero-order valence-corrected chi connectivity index (χ0v) is 62.5. The second kappa shape index (κ2) is 72.6. The Morgan fingerprint density at radius 2 is 0.670 bits per heavy atom. The molecule has 0 aromatic heterocycles. The van der Waals surface area contributed by atoms with Crippen molar-refractivity contribution in [2.24, 2.45) is 0 Å². The van der Waals surface area contributed by atoms with Crippen LogP contribution in [0.15, 0.2) is 12.2 Å². The summed E-state index contributed by atoms with van der Waals surface area (Å²) in [6.07, 6.45) is 82.8. The summed E-state index contributed by atoms with van der Waals surface area (Å²) in [5.41, 5.74) is 0. The van der Waals surface area contributed by atoms with E-state index in [-0.39, 0.29) is 18.5 Å². The highest BCUT2D eigenvalue weighted by molar-refractivity contribution is 5.76. The number of nitrogens with one attached hydrogen (secondary N) is 1. The van der Waals surface area contributed by atoms with Gasteiger partial charge in [0.05, 0.1) is 32.0 Å². The van der Waals surface area contributed by atoms with Crippen molar-refractivity contribution in [2.75, 3.05) is 19.8 Å². The summed E-state index contributed by atoms with van der Waals surface area (Å²) in [6, 6.07) is -0.804. The number of rotatable bonds is 76. The van der Waals surface area contributed by atoms with Crippen LogP contribution >= 0.6 is 0 Å². The molecule has 0 aliphatic carbocycles. The monoisotopic (exact) mass is 1330 g/mol. The minimum Gasteiger partial charge on any atom is -0.466 e. The Hall–Kier alpha value is -1.60. The summed E-state index contributed by atoms with van der Waals surface area (Å²) < 4.78 is 16.8. The van der Waals surface area contributed by atoms with E-state index in [4.69, 9.17) is 14.2 Å². The van der Waals surface area contributed by atoms with Crippen LogP contribution in [-0.4, -0.2) is 100 Å². The number of ether oxygens (including phenoxy) is 3. The number of carbonyl (C=O) groups excluding carboxylic acids is 2. The van der Waals surface area contributed by atoms with E-state index in [9.17, 15) is 35.1 Å². The maximum Gasteiger partial charge on any atom is 0.305 e. The lowest BCUT2D eigenvalue weighted by atomic mass is 9.99. The SMILES string of the molecule is CCCCCCCCCC/C=C/C(O)C(COC1OC(CO)C(O)C(O)C1O)NC(=O)CCCCCCCCCCCCCCCCCCCCCCCCCCCCCCCCCCCCCCCOC(=O)CCCCCCCCCCCCCCCCCCCCC. The molecule has 0 spiro atoms. The van der Waals surface area contributed by atoms with Gasteiger partial charge >= 0.3 is 5.97 Å². The highest BCUT2D eigenvalue weighted by Crippen LogP contribution is 2.24. The molecule has 1 fully saturated rings. The van der Waals surface area contributed by atoms with E-state index < -0.39 is 49.5 Å². The molecule has 1 aliphatic rings. The topological polar surface area (TPSA) is 175 Å². The van der Waals surface area contributed by atoms with E-state index in [2.05, 4.69) is 19.2 Å². The van der Waals surface area contributed by atoms with Gasteiger partial charge < -0.3 is 45.1 Å². The second-order valence-electron chi connectivity index (χ2n) is 29.6. The van der Waals surface area contributed by atoms with Crippen LogP contribution in [0.25, 0.3) is 0 Å². The van der Waals surface area contributed by atoms with Crippen molar-refractivity contribution in [3.05, 3.63) is 12.2 Å². The third-order valence-corrected chi connectivity index (χ3v) is 20.4. The van der Waals surface area contributed by atoms with Crippen molar-refractivity contribution in [3.8, 4) is 0 Å². The molecule has 6 N–H and O–H groups in total. The number of carbonyl (C=O) groups is 2. The molecule has 0 bridgehead atoms. The van der Waals surface area contributed by atoms with Crippen molar-refractivity contribution in [1.29, 1.82) is 0 Å². The second-order valence-corrected chi connectivity index (χ2v) is 29.6. The van der Waals surface area contributed by atoms with Crippen LogP contribution in [0.2, 0.25) is 0 Å². The van der Waals surface area contributed by atoms with Gasteiger partial charge in [-0.2, -0.15) is 0 Å². The van der Waals surface area contributed by atoms with Crippen molar-refractivity contribution in [3.63, 3.8) is 0 Å². The zero-order chi connectivity index (χ0) is 67.9. The molecule has 1 amide bonds. The van der Waals surface area contributed by atoms with Gasteiger partial charge in [-0.15, -0.1) is 0 Å². The summed E-state index contributed by atoms with van der Waals surface area (Å²) in [7, 11) is 0. The summed E-state index contributed by atoms with van der Waals surface area (Å²) in [4.78, 5) is 25.2. The molecule has 0 radical (unpaired) electrons. The lowest BCUT2D eigenvalue weighted by Crippen LogP contribution is -2.60. The average molecular weight is 1330 g/mol. The molecular formula is C83H161NO10. The fourth-order valence-electron chi connectivity index (χ4n) is 13.9. The highest BCUT2D eigenvalue weighted by atomic mass is 16.7. The van der Waals surface area contributed by atoms with Crippen LogP contribution in [0.1, 0.15) is 444 Å². The maximum absolute atomic E-state index is 13.1. The van der Waals surface area contributed by atoms with Gasteiger partial charge in [0, 0.05) is 12.8 Å². The fourth-order valence-corrected chi connectivity index (χ4v) is 13.9. The van der Waals surface area contributed by atoms with Gasteiger partial charge in [0.1, 0.15) is 24.4 Å². The Labute approximate surface area is 582 Å². The van der Waals surface area contributed by atoms with Gasteiger partial charge in [-0.25, -0.2) is 0 Å². The quantitative estimate of drug-likeness (QED) is 0.0195. The first-order chi connectivity index (χ1) is 46.2. The molecule has 1 rings (SSSR count). The highest BCUT2D eigenvalue weighted by Gasteiger charge is 2.44. The van der Waals surface area contributed by atoms with Crippen LogP contribution < -0.4 is 5.32 Å². The van der Waals surface area contributed by atoms with Gasteiger partial charge in [0.25, 0.3) is 0 Å². The van der Waals surface area contributed by atoms with Crippen LogP contribution in [0.5, 0.6) is 0 Å². The Balaban J connectivity index is 1.82. The molecular weight excluding hydrogens is 1170 g/mol. The van der Waals surface area contributed by atoms with E-state index in [0.717, 1.165) is 51.4 Å². The van der Waals surface area contributed by atoms with Gasteiger partial charge in [0.2, 0.25) is 5.91 Å². The van der Waals surface area contributed by atoms with Crippen molar-refractivity contribution in [2.45, 2.75) is 487 Å². The van der Waals surface area contributed by atoms with E-state index in [1.807, 2.05) is 6.08 Å². The predicted octanol–water partition coefficient (Wildman–Crippen LogP) is 22.9. The van der Waals surface area contributed by atoms with Gasteiger partial charge in [0.15, 0.2) is 6.29 Å². The van der Waals surface area contributed by atoms with Crippen molar-refractivity contribution in [1.82, 2.24) is 5.32 Å². The summed E-state index contributed by atoms with van der Waals surface area (Å²) >= 11 is 0. The van der Waals surface area contributed by atoms with E-state index in [1.165, 1.54) is 366 Å². The number of aliphatic hydroxyl groups is 5. The molecule has 0 saturated carbocycles. The minimum atomic E-state index is -1.57. The summed E-state index contributed by atoms with van der Waals surface area (Å²) in [6.45, 7) is 4.40. The third kappa shape index (κ3) is 60.4. The molecule has 1 heterocycles.